The molecule has 1 saturated heterocycles. The van der Waals surface area contributed by atoms with E-state index in [1.165, 1.54) is 0 Å². The van der Waals surface area contributed by atoms with Crippen LogP contribution < -0.4 is 9.47 Å². The summed E-state index contributed by atoms with van der Waals surface area (Å²) in [5.74, 6) is -25.2. The molecule has 350 valence electrons. The molecule has 1 fully saturated rings. The van der Waals surface area contributed by atoms with Crippen LogP contribution in [0.15, 0.2) is 60.7 Å². The van der Waals surface area contributed by atoms with E-state index in [2.05, 4.69) is 0 Å². The highest BCUT2D eigenvalue weighted by Crippen LogP contribution is 2.42. The molecule has 6 rings (SSSR count). The largest absolute Gasteiger partial charge is 0.504 e. The topological polar surface area (TPSA) is 441 Å². The van der Waals surface area contributed by atoms with Crippen LogP contribution in [-0.2, 0) is 23.7 Å². The molecule has 0 unspecified atom stereocenters. The van der Waals surface area contributed by atoms with Crippen LogP contribution in [0.4, 0.5) is 0 Å². The van der Waals surface area contributed by atoms with E-state index in [1.807, 2.05) is 0 Å². The quantitative estimate of drug-likeness (QED) is 0.0390. The minimum absolute atomic E-state index is 0.514. The monoisotopic (exact) mass is 938 g/mol. The molecule has 5 aromatic carbocycles. The zero-order valence-corrected chi connectivity index (χ0v) is 32.9. The van der Waals surface area contributed by atoms with Gasteiger partial charge in [-0.05, 0) is 60.7 Å². The summed E-state index contributed by atoms with van der Waals surface area (Å²) in [5, 5.41) is 140. The van der Waals surface area contributed by atoms with E-state index in [0.717, 1.165) is 0 Å². The number of esters is 5. The van der Waals surface area contributed by atoms with E-state index >= 15 is 0 Å². The van der Waals surface area contributed by atoms with Gasteiger partial charge < -0.3 is 99.9 Å². The van der Waals surface area contributed by atoms with Crippen molar-refractivity contribution in [2.24, 2.45) is 0 Å². The van der Waals surface area contributed by atoms with Crippen molar-refractivity contribution < 1.29 is 129 Å². The molecule has 5 aromatic rings. The van der Waals surface area contributed by atoms with Gasteiger partial charge in [0.1, 0.15) is 6.10 Å². The Bertz CT molecular complexity index is 2820. The Hall–Kier alpha value is -9.72. The molecule has 0 aromatic heterocycles. The van der Waals surface area contributed by atoms with Crippen LogP contribution in [0.2, 0.25) is 0 Å². The van der Waals surface area contributed by atoms with Crippen molar-refractivity contribution >= 4 is 35.8 Å². The fourth-order valence-corrected chi connectivity index (χ4v) is 5.95. The SMILES string of the molecule is O=C(Oc1cc(C(=O)Oc2cc(C(=O)O[C@@H]3O[C@H](C(=O)O)C[C@H](OC(=O)c4cc(O)c(O)c(O)c4)[C@H]3OC(=O)c3cc(O)c(O)c(O)c3)cc(O)c2O)cc(O)c1O)c1cc(O)c(O)c(O)c1. The highest BCUT2D eigenvalue weighted by Gasteiger charge is 2.48. The van der Waals surface area contributed by atoms with Crippen molar-refractivity contribution in [2.45, 2.75) is 31.0 Å². The molecule has 0 bridgehead atoms. The van der Waals surface area contributed by atoms with Gasteiger partial charge in [0.2, 0.25) is 23.9 Å². The van der Waals surface area contributed by atoms with Crippen LogP contribution in [0.1, 0.15) is 58.2 Å². The van der Waals surface area contributed by atoms with Gasteiger partial charge in [0.15, 0.2) is 80.8 Å². The Labute approximate surface area is 369 Å². The fraction of sp³-hybridized carbons (Fsp3) is 0.122. The highest BCUT2D eigenvalue weighted by molar-refractivity contribution is 5.97. The molecule has 26 nitrogen and oxygen atoms in total. The average Bonchev–Trinajstić information content (AvgIpc) is 3.26. The molecule has 1 aliphatic rings. The summed E-state index contributed by atoms with van der Waals surface area (Å²) in [7, 11) is 0. The number of ether oxygens (including phenoxy) is 6. The van der Waals surface area contributed by atoms with E-state index in [9.17, 15) is 100 Å². The van der Waals surface area contributed by atoms with E-state index in [-0.39, 0.29) is 0 Å². The van der Waals surface area contributed by atoms with Crippen LogP contribution in [-0.4, -0.2) is 132 Å². The zero-order valence-electron chi connectivity index (χ0n) is 32.9. The molecule has 1 heterocycles. The van der Waals surface area contributed by atoms with Gasteiger partial charge in [-0.1, -0.05) is 0 Å². The second-order valence-corrected chi connectivity index (χ2v) is 13.8. The summed E-state index contributed by atoms with van der Waals surface area (Å²) in [5.41, 5.74) is -3.59. The maximum absolute atomic E-state index is 13.7. The Morgan fingerprint density at radius 2 is 0.701 bits per heavy atom. The number of carbonyl (C=O) groups is 6. The van der Waals surface area contributed by atoms with Crippen LogP contribution in [0.5, 0.6) is 86.2 Å². The maximum Gasteiger partial charge on any atom is 0.343 e. The predicted molar refractivity (Wildman–Crippen MR) is 209 cm³/mol. The number of carboxylic acids is 1. The molecule has 0 saturated carbocycles. The standard InChI is InChI=1S/C41H30O26/c42-17-1-12(2-18(43)29(17)50)36(57)62-25-9-15(7-23(48)32(25)53)38(59)63-26-10-16(8-24(49)33(26)54)40(61)67-41-34(66-39(60)14-5-21(46)31(52)22(47)6-14)27(11-28(65-41)35(55)56)64-37(58)13-3-19(44)30(51)20(45)4-13/h1-10,27-28,34,41-54H,11H2,(H,55,56)/t27-,28-,34+,41-/m0/s1. The van der Waals surface area contributed by atoms with Crippen molar-refractivity contribution in [1.29, 1.82) is 0 Å². The smallest absolute Gasteiger partial charge is 0.343 e. The van der Waals surface area contributed by atoms with Crippen molar-refractivity contribution in [2.75, 3.05) is 0 Å². The summed E-state index contributed by atoms with van der Waals surface area (Å²) in [4.78, 5) is 78.5. The number of carboxylic acid groups (broad SMARTS) is 1. The summed E-state index contributed by atoms with van der Waals surface area (Å²) >= 11 is 0. The highest BCUT2D eigenvalue weighted by atomic mass is 16.7. The first kappa shape index (κ1) is 46.8. The van der Waals surface area contributed by atoms with Crippen LogP contribution >= 0.6 is 0 Å². The third-order valence-corrected chi connectivity index (χ3v) is 9.28. The van der Waals surface area contributed by atoms with E-state index in [1.54, 1.807) is 0 Å². The maximum atomic E-state index is 13.7. The average molecular weight is 939 g/mol. The Balaban J connectivity index is 1.30. The first-order valence-electron chi connectivity index (χ1n) is 18.3. The van der Waals surface area contributed by atoms with Crippen molar-refractivity contribution in [3.8, 4) is 86.2 Å². The van der Waals surface area contributed by atoms with Gasteiger partial charge in [-0.3, -0.25) is 0 Å². The minimum Gasteiger partial charge on any atom is -0.504 e. The van der Waals surface area contributed by atoms with Crippen LogP contribution in [0.25, 0.3) is 0 Å². The lowest BCUT2D eigenvalue weighted by Crippen LogP contribution is -2.55. The number of carbonyl (C=O) groups excluding carboxylic acids is 5. The second kappa shape index (κ2) is 18.2. The Kier molecular flexibility index (Phi) is 12.7. The number of aromatic hydroxyl groups is 13. The van der Waals surface area contributed by atoms with Crippen molar-refractivity contribution in [3.63, 3.8) is 0 Å². The summed E-state index contributed by atoms with van der Waals surface area (Å²) in [6.07, 6.45) is -9.65. The number of benzene rings is 5. The van der Waals surface area contributed by atoms with E-state index in [4.69, 9.17) is 28.4 Å². The van der Waals surface area contributed by atoms with E-state index < -0.39 is 181 Å². The number of phenolic OH excluding ortho intramolecular Hbond substituents is 13. The third-order valence-electron chi connectivity index (χ3n) is 9.28. The number of aliphatic carboxylic acids is 1. The molecule has 0 aliphatic carbocycles. The second-order valence-electron chi connectivity index (χ2n) is 13.8. The number of phenols is 13. The molecular formula is C41H30O26. The lowest BCUT2D eigenvalue weighted by molar-refractivity contribution is -0.247. The molecule has 0 spiro atoms. The molecule has 14 N–H and O–H groups in total. The number of hydrogen-bond donors (Lipinski definition) is 14. The molecule has 0 amide bonds. The molecule has 67 heavy (non-hydrogen) atoms. The van der Waals surface area contributed by atoms with Gasteiger partial charge in [-0.25, -0.2) is 28.8 Å². The minimum atomic E-state index is -2.44. The van der Waals surface area contributed by atoms with E-state index in [0.29, 0.717) is 60.7 Å². The van der Waals surface area contributed by atoms with Crippen molar-refractivity contribution in [1.82, 2.24) is 0 Å². The summed E-state index contributed by atoms with van der Waals surface area (Å²) in [6.45, 7) is 0. The number of hydrogen-bond acceptors (Lipinski definition) is 25. The summed E-state index contributed by atoms with van der Waals surface area (Å²) in [6, 6.07) is 5.97. The number of rotatable bonds is 11. The fourth-order valence-electron chi connectivity index (χ4n) is 5.95. The first-order chi connectivity index (χ1) is 31.4. The molecular weight excluding hydrogens is 908 g/mol. The van der Waals surface area contributed by atoms with Gasteiger partial charge >= 0.3 is 35.8 Å². The zero-order chi connectivity index (χ0) is 49.3. The molecule has 4 atom stereocenters. The van der Waals surface area contributed by atoms with Gasteiger partial charge in [-0.2, -0.15) is 0 Å². The van der Waals surface area contributed by atoms with Gasteiger partial charge in [0.05, 0.1) is 27.8 Å². The molecule has 0 radical (unpaired) electrons. The van der Waals surface area contributed by atoms with Crippen LogP contribution in [0, 0.1) is 0 Å². The first-order valence-corrected chi connectivity index (χ1v) is 18.3. The van der Waals surface area contributed by atoms with Crippen LogP contribution in [0.3, 0.4) is 0 Å². The van der Waals surface area contributed by atoms with Gasteiger partial charge in [0, 0.05) is 6.42 Å². The molecule has 1 aliphatic heterocycles. The van der Waals surface area contributed by atoms with Crippen molar-refractivity contribution in [3.05, 3.63) is 88.5 Å². The Morgan fingerprint density at radius 1 is 0.403 bits per heavy atom. The summed E-state index contributed by atoms with van der Waals surface area (Å²) < 4.78 is 31.4. The predicted octanol–water partition coefficient (Wildman–Crippen LogP) is 2.11. The third kappa shape index (κ3) is 9.77. The van der Waals surface area contributed by atoms with Gasteiger partial charge in [-0.15, -0.1) is 0 Å². The normalized spacial score (nSPS) is 16.5. The lowest BCUT2D eigenvalue weighted by Gasteiger charge is -2.38. The Morgan fingerprint density at radius 3 is 1.07 bits per heavy atom. The lowest BCUT2D eigenvalue weighted by atomic mass is 10.0. The van der Waals surface area contributed by atoms with Gasteiger partial charge in [0.25, 0.3) is 0 Å². The molecule has 26 heteroatoms.